The molecule has 0 radical (unpaired) electrons. The lowest BCUT2D eigenvalue weighted by Crippen LogP contribution is -2.32. The van der Waals surface area contributed by atoms with Gasteiger partial charge in [0.2, 0.25) is 11.3 Å². The predicted octanol–water partition coefficient (Wildman–Crippen LogP) is 1.31. The zero-order valence-corrected chi connectivity index (χ0v) is 12.9. The molecule has 116 valence electrons. The number of amides is 1. The highest BCUT2D eigenvalue weighted by atomic mass is 16.2. The quantitative estimate of drug-likeness (QED) is 0.673. The second kappa shape index (κ2) is 10.1. The van der Waals surface area contributed by atoms with Crippen LogP contribution in [0.3, 0.4) is 0 Å². The van der Waals surface area contributed by atoms with Crippen molar-refractivity contribution in [1.29, 1.82) is 0 Å². The van der Waals surface area contributed by atoms with Gasteiger partial charge in [-0.2, -0.15) is 0 Å². The molecule has 0 aliphatic carbocycles. The summed E-state index contributed by atoms with van der Waals surface area (Å²) in [6, 6.07) is 8.19. The zero-order chi connectivity index (χ0) is 15.5. The molecule has 0 saturated carbocycles. The molecule has 1 aromatic carbocycles. The van der Waals surface area contributed by atoms with Gasteiger partial charge in [0, 0.05) is 0 Å². The van der Waals surface area contributed by atoms with Crippen molar-refractivity contribution in [3.63, 3.8) is 0 Å². The fourth-order valence-corrected chi connectivity index (χ4v) is 2.00. The topological polar surface area (TPSA) is 61.4 Å². The van der Waals surface area contributed by atoms with E-state index in [4.69, 9.17) is 0 Å². The fraction of sp³-hybridized carbons (Fsp3) is 0.500. The van der Waals surface area contributed by atoms with Gasteiger partial charge in [-0.15, -0.1) is 0 Å². The zero-order valence-electron chi connectivity index (χ0n) is 12.9. The van der Waals surface area contributed by atoms with Crippen LogP contribution in [0.1, 0.15) is 20.3 Å². The summed E-state index contributed by atoms with van der Waals surface area (Å²) in [4.78, 5) is 25.7. The molecule has 0 fully saturated rings. The summed E-state index contributed by atoms with van der Waals surface area (Å²) in [5.74, 6) is -0.193. The Morgan fingerprint density at radius 2 is 1.86 bits per heavy atom. The summed E-state index contributed by atoms with van der Waals surface area (Å²) in [6.07, 6.45) is 1.00. The van der Waals surface area contributed by atoms with Crippen LogP contribution in [0, 0.1) is 0 Å². The van der Waals surface area contributed by atoms with Crippen LogP contribution < -0.4 is 16.1 Å². The Balaban J connectivity index is 2.26. The number of anilines is 1. The highest BCUT2D eigenvalue weighted by molar-refractivity contribution is 5.92. The van der Waals surface area contributed by atoms with E-state index in [0.29, 0.717) is 5.69 Å². The summed E-state index contributed by atoms with van der Waals surface area (Å²) < 4.78 is 0. The predicted molar refractivity (Wildman–Crippen MR) is 86.6 cm³/mol. The highest BCUT2D eigenvalue weighted by Crippen LogP contribution is 1.96. The number of carbonyl (C=O) groups excluding carboxylic acids is 1. The van der Waals surface area contributed by atoms with Crippen molar-refractivity contribution in [2.75, 3.05) is 38.0 Å². The Kier molecular flexibility index (Phi) is 8.31. The van der Waals surface area contributed by atoms with Gasteiger partial charge in [0.25, 0.3) is 0 Å². The Morgan fingerprint density at radius 1 is 1.14 bits per heavy atom. The van der Waals surface area contributed by atoms with E-state index in [1.807, 2.05) is 0 Å². The molecule has 0 unspecified atom stereocenters. The number of nitrogens with zero attached hydrogens (tertiary/aromatic N) is 1. The number of hydrogen-bond acceptors (Lipinski definition) is 4. The van der Waals surface area contributed by atoms with E-state index in [0.717, 1.165) is 32.6 Å². The number of rotatable bonds is 9. The lowest BCUT2D eigenvalue weighted by Gasteiger charge is -2.17. The van der Waals surface area contributed by atoms with Crippen LogP contribution in [0.15, 0.2) is 35.1 Å². The maximum absolute atomic E-state index is 11.8. The standard InChI is InChI=1S/C16H25N3O2/c1-3-19(4-2)12-8-11-17-13-16(21)18-14-9-6-5-7-10-15(14)20/h5-7,9-10,17H,3-4,8,11-13H2,1-2H3,(H,18,20,21). The third kappa shape index (κ3) is 7.02. The summed E-state index contributed by atoms with van der Waals surface area (Å²) in [6.45, 7) is 8.42. The molecule has 0 heterocycles. The van der Waals surface area contributed by atoms with Crippen LogP contribution in [0.25, 0.3) is 0 Å². The van der Waals surface area contributed by atoms with Crippen molar-refractivity contribution in [3.8, 4) is 0 Å². The van der Waals surface area contributed by atoms with Crippen molar-refractivity contribution in [1.82, 2.24) is 10.2 Å². The average molecular weight is 291 g/mol. The van der Waals surface area contributed by atoms with E-state index in [1.165, 1.54) is 6.07 Å². The van der Waals surface area contributed by atoms with Crippen LogP contribution in [-0.2, 0) is 4.79 Å². The second-order valence-electron chi connectivity index (χ2n) is 4.79. The summed E-state index contributed by atoms with van der Waals surface area (Å²) in [5, 5.41) is 5.72. The Morgan fingerprint density at radius 3 is 2.57 bits per heavy atom. The van der Waals surface area contributed by atoms with E-state index in [-0.39, 0.29) is 17.9 Å². The number of carbonyl (C=O) groups is 1. The average Bonchev–Trinajstić information content (AvgIpc) is 2.68. The van der Waals surface area contributed by atoms with Crippen LogP contribution in [0.5, 0.6) is 0 Å². The minimum atomic E-state index is -0.193. The molecule has 0 aliphatic heterocycles. The SMILES string of the molecule is CCN(CC)CCCNCC(=O)Nc1cccccc1=O. The first kappa shape index (κ1) is 17.3. The van der Waals surface area contributed by atoms with Crippen LogP contribution in [0.4, 0.5) is 5.69 Å². The van der Waals surface area contributed by atoms with Crippen molar-refractivity contribution >= 4 is 11.6 Å². The molecule has 0 spiro atoms. The van der Waals surface area contributed by atoms with Crippen LogP contribution >= 0.6 is 0 Å². The molecule has 5 nitrogen and oxygen atoms in total. The third-order valence-electron chi connectivity index (χ3n) is 3.28. The molecule has 5 heteroatoms. The van der Waals surface area contributed by atoms with E-state index in [9.17, 15) is 9.59 Å². The van der Waals surface area contributed by atoms with Gasteiger partial charge in [-0.3, -0.25) is 9.59 Å². The monoisotopic (exact) mass is 291 g/mol. The lowest BCUT2D eigenvalue weighted by atomic mass is 10.3. The molecule has 0 atom stereocenters. The van der Waals surface area contributed by atoms with Crippen molar-refractivity contribution in [2.45, 2.75) is 20.3 Å². The summed E-state index contributed by atoms with van der Waals surface area (Å²) in [5.41, 5.74) is 0.129. The molecule has 0 aliphatic rings. The minimum Gasteiger partial charge on any atom is -0.322 e. The molecular weight excluding hydrogens is 266 g/mol. The molecule has 0 aromatic heterocycles. The van der Waals surface area contributed by atoms with E-state index in [2.05, 4.69) is 29.4 Å². The van der Waals surface area contributed by atoms with Gasteiger partial charge in [0.1, 0.15) is 0 Å². The molecule has 1 aromatic rings. The van der Waals surface area contributed by atoms with Gasteiger partial charge in [-0.25, -0.2) is 0 Å². The van der Waals surface area contributed by atoms with E-state index in [1.54, 1.807) is 24.3 Å². The van der Waals surface area contributed by atoms with Crippen LogP contribution in [-0.4, -0.2) is 43.5 Å². The molecule has 1 amide bonds. The Bertz CT molecular complexity index is 487. The molecule has 2 N–H and O–H groups in total. The van der Waals surface area contributed by atoms with E-state index < -0.39 is 0 Å². The van der Waals surface area contributed by atoms with Gasteiger partial charge in [-0.1, -0.05) is 32.0 Å². The fourth-order valence-electron chi connectivity index (χ4n) is 2.00. The normalized spacial score (nSPS) is 10.6. The highest BCUT2D eigenvalue weighted by Gasteiger charge is 2.04. The third-order valence-corrected chi connectivity index (χ3v) is 3.28. The van der Waals surface area contributed by atoms with Gasteiger partial charge < -0.3 is 15.5 Å². The Labute approximate surface area is 126 Å². The minimum absolute atomic E-state index is 0.185. The van der Waals surface area contributed by atoms with E-state index >= 15 is 0 Å². The summed E-state index contributed by atoms with van der Waals surface area (Å²) >= 11 is 0. The maximum atomic E-state index is 11.8. The Hall–Kier alpha value is -1.72. The molecule has 21 heavy (non-hydrogen) atoms. The smallest absolute Gasteiger partial charge is 0.238 e. The van der Waals surface area contributed by atoms with Gasteiger partial charge >= 0.3 is 0 Å². The van der Waals surface area contributed by atoms with Crippen molar-refractivity contribution < 1.29 is 4.79 Å². The maximum Gasteiger partial charge on any atom is 0.238 e. The first-order chi connectivity index (χ1) is 10.2. The molecule has 0 saturated heterocycles. The lowest BCUT2D eigenvalue weighted by molar-refractivity contribution is -0.115. The number of hydrogen-bond donors (Lipinski definition) is 2. The second-order valence-corrected chi connectivity index (χ2v) is 4.79. The first-order valence-corrected chi connectivity index (χ1v) is 7.49. The van der Waals surface area contributed by atoms with Crippen molar-refractivity contribution in [2.24, 2.45) is 0 Å². The van der Waals surface area contributed by atoms with Gasteiger partial charge in [0.15, 0.2) is 0 Å². The summed E-state index contributed by atoms with van der Waals surface area (Å²) in [7, 11) is 0. The van der Waals surface area contributed by atoms with Crippen molar-refractivity contribution in [3.05, 3.63) is 40.6 Å². The number of nitrogens with one attached hydrogen (secondary N) is 2. The molecular formula is C16H25N3O2. The van der Waals surface area contributed by atoms with Gasteiger partial charge in [-0.05, 0) is 44.7 Å². The largest absolute Gasteiger partial charge is 0.322 e. The van der Waals surface area contributed by atoms with Gasteiger partial charge in [0.05, 0.1) is 12.2 Å². The molecule has 0 bridgehead atoms. The molecule has 1 rings (SSSR count). The first-order valence-electron chi connectivity index (χ1n) is 7.49. The van der Waals surface area contributed by atoms with Crippen LogP contribution in [0.2, 0.25) is 0 Å².